The van der Waals surface area contributed by atoms with E-state index in [1.165, 1.54) is 17.0 Å². The van der Waals surface area contributed by atoms with Gasteiger partial charge >= 0.3 is 0 Å². The first-order valence-electron chi connectivity index (χ1n) is 11.3. The molecule has 1 N–H and O–H groups in total. The summed E-state index contributed by atoms with van der Waals surface area (Å²) in [7, 11) is 0. The maximum Gasteiger partial charge on any atom is 0.295 e. The van der Waals surface area contributed by atoms with Crippen molar-refractivity contribution in [2.75, 3.05) is 32.8 Å². The summed E-state index contributed by atoms with van der Waals surface area (Å²) in [4.78, 5) is 29.8. The molecule has 6 nitrogen and oxygen atoms in total. The number of aliphatic hydroxyl groups is 1. The molecule has 0 spiro atoms. The quantitative estimate of drug-likeness (QED) is 0.348. The van der Waals surface area contributed by atoms with E-state index in [2.05, 4.69) is 4.90 Å². The molecular formula is C26H31FN2O4. The van der Waals surface area contributed by atoms with Crippen molar-refractivity contribution in [3.63, 3.8) is 0 Å². The molecule has 3 rings (SSSR count). The number of carbonyl (C=O) groups is 2. The summed E-state index contributed by atoms with van der Waals surface area (Å²) < 4.78 is 19.1. The average molecular weight is 455 g/mol. The van der Waals surface area contributed by atoms with E-state index in [9.17, 15) is 19.1 Å². The number of rotatable bonds is 9. The van der Waals surface area contributed by atoms with Crippen molar-refractivity contribution in [1.82, 2.24) is 9.80 Å². The van der Waals surface area contributed by atoms with Gasteiger partial charge in [-0.2, -0.15) is 0 Å². The van der Waals surface area contributed by atoms with E-state index in [-0.39, 0.29) is 11.3 Å². The third-order valence-electron chi connectivity index (χ3n) is 6.04. The number of halogens is 1. The monoisotopic (exact) mass is 454 g/mol. The van der Waals surface area contributed by atoms with Crippen LogP contribution in [0.4, 0.5) is 4.39 Å². The van der Waals surface area contributed by atoms with Gasteiger partial charge in [0.1, 0.15) is 17.3 Å². The number of aliphatic hydroxyl groups excluding tert-OH is 1. The molecular weight excluding hydrogens is 423 g/mol. The van der Waals surface area contributed by atoms with Gasteiger partial charge in [0, 0.05) is 18.7 Å². The maximum atomic E-state index is 13.6. The van der Waals surface area contributed by atoms with Crippen molar-refractivity contribution in [3.8, 4) is 5.75 Å². The fraction of sp³-hybridized carbons (Fsp3) is 0.385. The summed E-state index contributed by atoms with van der Waals surface area (Å²) in [5, 5.41) is 11.2. The topological polar surface area (TPSA) is 70.1 Å². The number of hydrogen-bond donors (Lipinski definition) is 1. The van der Waals surface area contributed by atoms with Gasteiger partial charge < -0.3 is 19.6 Å². The molecule has 0 saturated carbocycles. The summed E-state index contributed by atoms with van der Waals surface area (Å²) in [6.45, 7) is 10.8. The van der Waals surface area contributed by atoms with Crippen molar-refractivity contribution in [3.05, 3.63) is 70.5 Å². The largest absolute Gasteiger partial charge is 0.507 e. The van der Waals surface area contributed by atoms with E-state index in [0.717, 1.165) is 13.1 Å². The molecule has 0 aliphatic carbocycles. The third-order valence-corrected chi connectivity index (χ3v) is 6.04. The van der Waals surface area contributed by atoms with Crippen LogP contribution in [0.2, 0.25) is 0 Å². The molecule has 1 aliphatic rings. The highest BCUT2D eigenvalue weighted by Crippen LogP contribution is 2.40. The van der Waals surface area contributed by atoms with Gasteiger partial charge in [-0.05, 0) is 68.4 Å². The Balaban J connectivity index is 2.10. The lowest BCUT2D eigenvalue weighted by Gasteiger charge is -2.28. The van der Waals surface area contributed by atoms with Crippen LogP contribution in [0.1, 0.15) is 43.5 Å². The molecule has 176 valence electrons. The summed E-state index contributed by atoms with van der Waals surface area (Å²) in [6, 6.07) is 10.1. The Morgan fingerprint density at radius 3 is 2.33 bits per heavy atom. The van der Waals surface area contributed by atoms with E-state index in [1.807, 2.05) is 20.8 Å². The molecule has 2 aromatic carbocycles. The van der Waals surface area contributed by atoms with Crippen LogP contribution in [0.3, 0.4) is 0 Å². The highest BCUT2D eigenvalue weighted by atomic mass is 19.1. The molecule has 2 aromatic rings. The standard InChI is InChI=1S/C26H31FN2O4/c1-5-28(6-2)14-15-29-23(18-8-10-19(27)11-9-18)22(25(31)26(29)32)24(30)21-13-12-20(33-7-3)16-17(21)4/h8-13,16,23,30H,5-7,14-15H2,1-4H3/b24-22-. The van der Waals surface area contributed by atoms with E-state index >= 15 is 0 Å². The number of aryl methyl sites for hydroxylation is 1. The highest BCUT2D eigenvalue weighted by Gasteiger charge is 2.46. The minimum atomic E-state index is -0.799. The lowest BCUT2D eigenvalue weighted by Crippen LogP contribution is -2.38. The first-order valence-corrected chi connectivity index (χ1v) is 11.3. The number of Topliss-reactive ketones (excluding diaryl/α,β-unsaturated/α-hetero) is 1. The Labute approximate surface area is 194 Å². The number of hydrogen-bond acceptors (Lipinski definition) is 5. The number of ketones is 1. The minimum Gasteiger partial charge on any atom is -0.507 e. The van der Waals surface area contributed by atoms with Gasteiger partial charge in [-0.25, -0.2) is 4.39 Å². The predicted molar refractivity (Wildman–Crippen MR) is 126 cm³/mol. The zero-order valence-corrected chi connectivity index (χ0v) is 19.6. The molecule has 1 unspecified atom stereocenters. The number of likely N-dealkylation sites (tertiary alicyclic amines) is 1. The zero-order chi connectivity index (χ0) is 24.1. The number of benzene rings is 2. The molecule has 1 saturated heterocycles. The van der Waals surface area contributed by atoms with Gasteiger partial charge in [-0.3, -0.25) is 9.59 Å². The molecule has 1 heterocycles. The van der Waals surface area contributed by atoms with Crippen molar-refractivity contribution in [2.24, 2.45) is 0 Å². The van der Waals surface area contributed by atoms with Crippen LogP contribution in [0.15, 0.2) is 48.0 Å². The molecule has 1 fully saturated rings. The summed E-state index contributed by atoms with van der Waals surface area (Å²) in [5.41, 5.74) is 1.75. The van der Waals surface area contributed by atoms with Gasteiger partial charge in [0.15, 0.2) is 0 Å². The number of carbonyl (C=O) groups excluding carboxylic acids is 2. The van der Waals surface area contributed by atoms with Gasteiger partial charge in [0.05, 0.1) is 18.2 Å². The number of likely N-dealkylation sites (N-methyl/N-ethyl adjacent to an activating group) is 1. The van der Waals surface area contributed by atoms with Crippen LogP contribution >= 0.6 is 0 Å². The Morgan fingerprint density at radius 1 is 1.09 bits per heavy atom. The molecule has 0 bridgehead atoms. The predicted octanol–water partition coefficient (Wildman–Crippen LogP) is 4.30. The SMILES string of the molecule is CCOc1ccc(/C(O)=C2/C(=O)C(=O)N(CCN(CC)CC)C2c2ccc(F)cc2)c(C)c1. The number of amides is 1. The van der Waals surface area contributed by atoms with Crippen LogP contribution in [0, 0.1) is 12.7 Å². The van der Waals surface area contributed by atoms with Gasteiger partial charge in [0.25, 0.3) is 11.7 Å². The molecule has 1 amide bonds. The van der Waals surface area contributed by atoms with E-state index < -0.39 is 23.5 Å². The second-order valence-electron chi connectivity index (χ2n) is 7.98. The molecule has 1 aliphatic heterocycles. The van der Waals surface area contributed by atoms with E-state index in [1.54, 1.807) is 37.3 Å². The van der Waals surface area contributed by atoms with Crippen molar-refractivity contribution < 1.29 is 23.8 Å². The second kappa shape index (κ2) is 10.6. The smallest absolute Gasteiger partial charge is 0.295 e. The lowest BCUT2D eigenvalue weighted by atomic mass is 9.94. The lowest BCUT2D eigenvalue weighted by molar-refractivity contribution is -0.140. The fourth-order valence-electron chi connectivity index (χ4n) is 4.19. The first kappa shape index (κ1) is 24.5. The average Bonchev–Trinajstić information content (AvgIpc) is 3.05. The Kier molecular flexibility index (Phi) is 7.87. The minimum absolute atomic E-state index is 0.0124. The number of nitrogens with zero attached hydrogens (tertiary/aromatic N) is 2. The molecule has 33 heavy (non-hydrogen) atoms. The maximum absolute atomic E-state index is 13.6. The van der Waals surface area contributed by atoms with Crippen LogP contribution < -0.4 is 4.74 Å². The molecule has 0 aromatic heterocycles. The normalized spacial score (nSPS) is 17.8. The molecule has 0 radical (unpaired) electrons. The second-order valence-corrected chi connectivity index (χ2v) is 7.98. The van der Waals surface area contributed by atoms with Gasteiger partial charge in [0.2, 0.25) is 0 Å². The van der Waals surface area contributed by atoms with Crippen LogP contribution in [0.5, 0.6) is 5.75 Å². The third kappa shape index (κ3) is 5.09. The van der Waals surface area contributed by atoms with Crippen LogP contribution in [-0.2, 0) is 9.59 Å². The van der Waals surface area contributed by atoms with E-state index in [0.29, 0.717) is 42.1 Å². The molecule has 1 atom stereocenters. The summed E-state index contributed by atoms with van der Waals surface area (Å²) in [6.07, 6.45) is 0. The Hall–Kier alpha value is -3.19. The Morgan fingerprint density at radius 2 is 1.76 bits per heavy atom. The van der Waals surface area contributed by atoms with Crippen molar-refractivity contribution in [2.45, 2.75) is 33.7 Å². The molecule has 7 heteroatoms. The number of ether oxygens (including phenoxy) is 1. The Bertz CT molecular complexity index is 1040. The zero-order valence-electron chi connectivity index (χ0n) is 19.6. The van der Waals surface area contributed by atoms with Gasteiger partial charge in [-0.1, -0.05) is 26.0 Å². The van der Waals surface area contributed by atoms with Crippen LogP contribution in [0.25, 0.3) is 5.76 Å². The summed E-state index contributed by atoms with van der Waals surface area (Å²) >= 11 is 0. The van der Waals surface area contributed by atoms with Crippen molar-refractivity contribution in [1.29, 1.82) is 0 Å². The van der Waals surface area contributed by atoms with Crippen LogP contribution in [-0.4, -0.2) is 59.4 Å². The van der Waals surface area contributed by atoms with Gasteiger partial charge in [-0.15, -0.1) is 0 Å². The highest BCUT2D eigenvalue weighted by molar-refractivity contribution is 6.46. The fourth-order valence-corrected chi connectivity index (χ4v) is 4.19. The van der Waals surface area contributed by atoms with E-state index in [4.69, 9.17) is 4.74 Å². The summed E-state index contributed by atoms with van der Waals surface area (Å²) in [5.74, 6) is -1.41. The van der Waals surface area contributed by atoms with Crippen molar-refractivity contribution >= 4 is 17.4 Å². The first-order chi connectivity index (χ1) is 15.8.